The van der Waals surface area contributed by atoms with E-state index < -0.39 is 0 Å². The maximum atomic E-state index is 5.70. The van der Waals surface area contributed by atoms with Crippen LogP contribution in [0.3, 0.4) is 0 Å². The van der Waals surface area contributed by atoms with E-state index in [1.54, 1.807) is 11.1 Å². The Balaban J connectivity index is 0.00000133. The molecule has 3 heteroatoms. The summed E-state index contributed by atoms with van der Waals surface area (Å²) in [7, 11) is 0. The summed E-state index contributed by atoms with van der Waals surface area (Å²) < 4.78 is 5.70. The monoisotopic (exact) mass is 281 g/mol. The first-order valence-electron chi connectivity index (χ1n) is 7.38. The van der Waals surface area contributed by atoms with Gasteiger partial charge in [0, 0.05) is 12.0 Å². The van der Waals surface area contributed by atoms with Crippen molar-refractivity contribution in [1.82, 2.24) is 5.32 Å². The summed E-state index contributed by atoms with van der Waals surface area (Å²) in [6, 6.07) is 4.47. The molecule has 0 fully saturated rings. The van der Waals surface area contributed by atoms with E-state index >= 15 is 0 Å². The molecule has 0 saturated heterocycles. The molecule has 0 amide bonds. The van der Waals surface area contributed by atoms with E-state index in [0.29, 0.717) is 0 Å². The summed E-state index contributed by atoms with van der Waals surface area (Å²) >= 11 is 0. The van der Waals surface area contributed by atoms with Crippen LogP contribution in [-0.4, -0.2) is 19.7 Å². The van der Waals surface area contributed by atoms with Gasteiger partial charge in [0.15, 0.2) is 0 Å². The number of ether oxygens (including phenoxy) is 1. The van der Waals surface area contributed by atoms with Gasteiger partial charge in [-0.2, -0.15) is 0 Å². The molecular weight excluding hydrogens is 258 g/mol. The summed E-state index contributed by atoms with van der Waals surface area (Å²) in [6.07, 6.45) is 6.23. The first-order valence-corrected chi connectivity index (χ1v) is 7.38. The van der Waals surface area contributed by atoms with E-state index in [2.05, 4.69) is 24.4 Å². The molecule has 19 heavy (non-hydrogen) atoms. The Hall–Kier alpha value is -0.730. The highest BCUT2D eigenvalue weighted by atomic mass is 35.5. The first-order chi connectivity index (χ1) is 8.90. The molecule has 1 aliphatic carbocycles. The van der Waals surface area contributed by atoms with Gasteiger partial charge in [-0.25, -0.2) is 0 Å². The Kier molecular flexibility index (Phi) is 5.12. The van der Waals surface area contributed by atoms with Gasteiger partial charge in [-0.05, 0) is 61.9 Å². The normalized spacial score (nSPS) is 19.5. The summed E-state index contributed by atoms with van der Waals surface area (Å²) in [6.45, 7) is 5.41. The molecule has 0 saturated carbocycles. The maximum absolute atomic E-state index is 5.70. The minimum Gasteiger partial charge on any atom is -0.493 e. The van der Waals surface area contributed by atoms with Gasteiger partial charge in [0.05, 0.1) is 6.61 Å². The van der Waals surface area contributed by atoms with Crippen molar-refractivity contribution in [2.75, 3.05) is 19.7 Å². The minimum absolute atomic E-state index is 0. The largest absolute Gasteiger partial charge is 0.493 e. The molecule has 0 bridgehead atoms. The molecule has 3 rings (SSSR count). The Labute approximate surface area is 122 Å². The van der Waals surface area contributed by atoms with Crippen LogP contribution in [0.2, 0.25) is 0 Å². The Bertz CT molecular complexity index is 433. The van der Waals surface area contributed by atoms with Gasteiger partial charge in [-0.15, -0.1) is 12.4 Å². The standard InChI is InChI=1S/C16H23NO.ClH/c1-2-9-17-10-7-13-4-3-12-5-6-15-14(16(12)13)8-11-18-15;/h5-6,13,17H,2-4,7-11H2,1H3;1H. The molecule has 0 aromatic heterocycles. The number of rotatable bonds is 5. The van der Waals surface area contributed by atoms with Crippen LogP contribution >= 0.6 is 12.4 Å². The maximum Gasteiger partial charge on any atom is 0.122 e. The van der Waals surface area contributed by atoms with E-state index in [1.165, 1.54) is 31.2 Å². The fraction of sp³-hybridized carbons (Fsp3) is 0.625. The molecule has 2 nitrogen and oxygen atoms in total. The second-order valence-corrected chi connectivity index (χ2v) is 5.49. The van der Waals surface area contributed by atoms with Crippen LogP contribution in [0.1, 0.15) is 48.8 Å². The zero-order chi connectivity index (χ0) is 12.4. The van der Waals surface area contributed by atoms with Crippen molar-refractivity contribution < 1.29 is 4.74 Å². The third-order valence-electron chi connectivity index (χ3n) is 4.28. The molecule has 0 spiro atoms. The molecule has 1 N–H and O–H groups in total. The average molecular weight is 282 g/mol. The molecule has 1 atom stereocenters. The van der Waals surface area contributed by atoms with Gasteiger partial charge >= 0.3 is 0 Å². The molecule has 1 heterocycles. The fourth-order valence-electron chi connectivity index (χ4n) is 3.42. The highest BCUT2D eigenvalue weighted by Crippen LogP contribution is 2.42. The van der Waals surface area contributed by atoms with Gasteiger partial charge in [0.1, 0.15) is 5.75 Å². The lowest BCUT2D eigenvalue weighted by atomic mass is 9.92. The first kappa shape index (κ1) is 14.7. The lowest BCUT2D eigenvalue weighted by molar-refractivity contribution is 0.357. The number of hydrogen-bond acceptors (Lipinski definition) is 2. The highest BCUT2D eigenvalue weighted by molar-refractivity contribution is 5.85. The predicted octanol–water partition coefficient (Wildman–Crippen LogP) is 3.46. The van der Waals surface area contributed by atoms with Crippen LogP contribution in [0.5, 0.6) is 5.75 Å². The van der Waals surface area contributed by atoms with Crippen LogP contribution in [0.15, 0.2) is 12.1 Å². The van der Waals surface area contributed by atoms with E-state index in [4.69, 9.17) is 4.74 Å². The van der Waals surface area contributed by atoms with E-state index in [0.717, 1.165) is 37.8 Å². The molecule has 1 aromatic rings. The SMILES string of the molecule is CCCNCCC1CCc2ccc3c(c21)CCO3.Cl. The molecule has 1 unspecified atom stereocenters. The fourth-order valence-corrected chi connectivity index (χ4v) is 3.42. The lowest BCUT2D eigenvalue weighted by Gasteiger charge is -2.15. The molecule has 106 valence electrons. The number of fused-ring (bicyclic) bond motifs is 3. The van der Waals surface area contributed by atoms with Gasteiger partial charge in [-0.1, -0.05) is 13.0 Å². The molecule has 1 aromatic carbocycles. The Morgan fingerprint density at radius 1 is 1.26 bits per heavy atom. The van der Waals surface area contributed by atoms with Gasteiger partial charge in [0.2, 0.25) is 0 Å². The van der Waals surface area contributed by atoms with E-state index in [-0.39, 0.29) is 12.4 Å². The van der Waals surface area contributed by atoms with Crippen molar-refractivity contribution in [3.05, 3.63) is 28.8 Å². The zero-order valence-electron chi connectivity index (χ0n) is 11.7. The van der Waals surface area contributed by atoms with Crippen LogP contribution in [0.25, 0.3) is 0 Å². The van der Waals surface area contributed by atoms with Crippen molar-refractivity contribution in [3.63, 3.8) is 0 Å². The topological polar surface area (TPSA) is 21.3 Å². The number of aryl methyl sites for hydroxylation is 1. The molecule has 0 radical (unpaired) electrons. The van der Waals surface area contributed by atoms with Crippen molar-refractivity contribution >= 4 is 12.4 Å². The smallest absolute Gasteiger partial charge is 0.122 e. The summed E-state index contributed by atoms with van der Waals surface area (Å²) in [4.78, 5) is 0. The third-order valence-corrected chi connectivity index (χ3v) is 4.28. The second kappa shape index (κ2) is 6.62. The van der Waals surface area contributed by atoms with Gasteiger partial charge in [-0.3, -0.25) is 0 Å². The summed E-state index contributed by atoms with van der Waals surface area (Å²) in [5.74, 6) is 1.92. The average Bonchev–Trinajstić information content (AvgIpc) is 3.00. The minimum atomic E-state index is 0. The molecule has 2 aliphatic rings. The summed E-state index contributed by atoms with van der Waals surface area (Å²) in [5.41, 5.74) is 4.74. The van der Waals surface area contributed by atoms with Crippen LogP contribution in [0, 0.1) is 0 Å². The second-order valence-electron chi connectivity index (χ2n) is 5.49. The molecule has 1 aliphatic heterocycles. The Morgan fingerprint density at radius 3 is 3.00 bits per heavy atom. The lowest BCUT2D eigenvalue weighted by Crippen LogP contribution is -2.18. The quantitative estimate of drug-likeness (QED) is 0.835. The number of hydrogen-bond donors (Lipinski definition) is 1. The molecular formula is C16H24ClNO. The van der Waals surface area contributed by atoms with Crippen molar-refractivity contribution in [3.8, 4) is 5.75 Å². The van der Waals surface area contributed by atoms with Gasteiger partial charge in [0.25, 0.3) is 0 Å². The number of halogens is 1. The van der Waals surface area contributed by atoms with Crippen LogP contribution in [-0.2, 0) is 12.8 Å². The van der Waals surface area contributed by atoms with Crippen molar-refractivity contribution in [2.45, 2.75) is 44.9 Å². The third kappa shape index (κ3) is 2.90. The van der Waals surface area contributed by atoms with E-state index in [9.17, 15) is 0 Å². The highest BCUT2D eigenvalue weighted by Gasteiger charge is 2.28. The Morgan fingerprint density at radius 2 is 2.16 bits per heavy atom. The predicted molar refractivity (Wildman–Crippen MR) is 81.7 cm³/mol. The van der Waals surface area contributed by atoms with Gasteiger partial charge < -0.3 is 10.1 Å². The van der Waals surface area contributed by atoms with Crippen LogP contribution in [0.4, 0.5) is 0 Å². The number of nitrogens with one attached hydrogen (secondary N) is 1. The van der Waals surface area contributed by atoms with Crippen molar-refractivity contribution in [2.24, 2.45) is 0 Å². The number of benzene rings is 1. The van der Waals surface area contributed by atoms with Crippen LogP contribution < -0.4 is 10.1 Å². The summed E-state index contributed by atoms with van der Waals surface area (Å²) in [5, 5.41) is 3.53. The van der Waals surface area contributed by atoms with Crippen molar-refractivity contribution in [1.29, 1.82) is 0 Å². The zero-order valence-corrected chi connectivity index (χ0v) is 12.5. The van der Waals surface area contributed by atoms with E-state index in [1.807, 2.05) is 0 Å².